The van der Waals surface area contributed by atoms with Gasteiger partial charge in [0.15, 0.2) is 0 Å². The predicted octanol–water partition coefficient (Wildman–Crippen LogP) is 2.21. The maximum Gasteiger partial charge on any atom is 0.318 e. The maximum atomic E-state index is 12.4. The first-order valence-electron chi connectivity index (χ1n) is 5.78. The number of carboxylic acid groups (broad SMARTS) is 1. The van der Waals surface area contributed by atoms with Crippen LogP contribution in [0, 0.1) is 0 Å². The fourth-order valence-corrected chi connectivity index (χ4v) is 3.34. The number of benzene rings is 1. The third kappa shape index (κ3) is 3.92. The number of hydrogen-bond donors (Lipinski definition) is 1. The Labute approximate surface area is 117 Å². The first-order chi connectivity index (χ1) is 8.78. The van der Waals surface area contributed by atoms with E-state index >= 15 is 0 Å². The summed E-state index contributed by atoms with van der Waals surface area (Å²) in [7, 11) is -3.83. The summed E-state index contributed by atoms with van der Waals surface area (Å²) >= 11 is 5.71. The second-order valence-corrected chi connectivity index (χ2v) is 6.48. The summed E-state index contributed by atoms with van der Waals surface area (Å²) in [6.45, 7) is 2.92. The molecule has 0 aliphatic heterocycles. The highest BCUT2D eigenvalue weighted by molar-refractivity contribution is 7.89. The van der Waals surface area contributed by atoms with Crippen molar-refractivity contribution in [3.63, 3.8) is 0 Å². The van der Waals surface area contributed by atoms with Gasteiger partial charge < -0.3 is 5.11 Å². The molecule has 0 fully saturated rings. The monoisotopic (exact) mass is 305 g/mol. The molecule has 1 atom stereocenters. The Morgan fingerprint density at radius 3 is 2.32 bits per heavy atom. The highest BCUT2D eigenvalue weighted by Crippen LogP contribution is 2.21. The lowest BCUT2D eigenvalue weighted by atomic mass is 10.2. The van der Waals surface area contributed by atoms with Gasteiger partial charge in [-0.3, -0.25) is 4.79 Å². The summed E-state index contributed by atoms with van der Waals surface area (Å²) in [5.74, 6) is -1.18. The molecule has 19 heavy (non-hydrogen) atoms. The van der Waals surface area contributed by atoms with Crippen molar-refractivity contribution in [2.45, 2.75) is 31.2 Å². The highest BCUT2D eigenvalue weighted by Gasteiger charge is 2.30. The van der Waals surface area contributed by atoms with Gasteiger partial charge in [0.1, 0.15) is 6.54 Å². The van der Waals surface area contributed by atoms with Crippen molar-refractivity contribution in [3.05, 3.63) is 29.3 Å². The normalized spacial score (nSPS) is 13.5. The van der Waals surface area contributed by atoms with Crippen LogP contribution < -0.4 is 0 Å². The molecule has 0 aromatic heterocycles. The standard InChI is InChI=1S/C12H16ClNO4S/c1-3-9(2)14(8-12(15)16)19(17,18)11-6-4-10(13)5-7-11/h4-7,9H,3,8H2,1-2H3,(H,15,16). The van der Waals surface area contributed by atoms with E-state index < -0.39 is 28.6 Å². The van der Waals surface area contributed by atoms with E-state index in [9.17, 15) is 13.2 Å². The lowest BCUT2D eigenvalue weighted by molar-refractivity contribution is -0.137. The van der Waals surface area contributed by atoms with Gasteiger partial charge in [-0.2, -0.15) is 4.31 Å². The fourth-order valence-electron chi connectivity index (χ4n) is 1.56. The first-order valence-corrected chi connectivity index (χ1v) is 7.60. The molecular weight excluding hydrogens is 290 g/mol. The number of rotatable bonds is 6. The molecule has 1 unspecified atom stereocenters. The Morgan fingerprint density at radius 2 is 1.89 bits per heavy atom. The van der Waals surface area contributed by atoms with Crippen LogP contribution in [0.25, 0.3) is 0 Å². The Balaban J connectivity index is 3.18. The third-order valence-corrected chi connectivity index (χ3v) is 5.02. The zero-order valence-corrected chi connectivity index (χ0v) is 12.3. The predicted molar refractivity (Wildman–Crippen MR) is 72.7 cm³/mol. The van der Waals surface area contributed by atoms with E-state index in [4.69, 9.17) is 16.7 Å². The Hall–Kier alpha value is -1.11. The lowest BCUT2D eigenvalue weighted by Gasteiger charge is -2.26. The van der Waals surface area contributed by atoms with Crippen LogP contribution >= 0.6 is 11.6 Å². The highest BCUT2D eigenvalue weighted by atomic mass is 35.5. The molecule has 0 saturated heterocycles. The van der Waals surface area contributed by atoms with Crippen molar-refractivity contribution in [2.24, 2.45) is 0 Å². The molecule has 0 bridgehead atoms. The van der Waals surface area contributed by atoms with E-state index in [2.05, 4.69) is 0 Å². The SMILES string of the molecule is CCC(C)N(CC(=O)O)S(=O)(=O)c1ccc(Cl)cc1. The van der Waals surface area contributed by atoms with Crippen LogP contribution in [0.2, 0.25) is 5.02 Å². The molecule has 0 spiro atoms. The molecule has 0 radical (unpaired) electrons. The van der Waals surface area contributed by atoms with Crippen molar-refractivity contribution >= 4 is 27.6 Å². The molecule has 5 nitrogen and oxygen atoms in total. The second kappa shape index (κ2) is 6.36. The molecular formula is C12H16ClNO4S. The van der Waals surface area contributed by atoms with Crippen molar-refractivity contribution in [1.82, 2.24) is 4.31 Å². The van der Waals surface area contributed by atoms with Crippen molar-refractivity contribution in [1.29, 1.82) is 0 Å². The van der Waals surface area contributed by atoms with Crippen LogP contribution in [0.3, 0.4) is 0 Å². The minimum absolute atomic E-state index is 0.0402. The van der Waals surface area contributed by atoms with E-state index in [0.29, 0.717) is 11.4 Å². The topological polar surface area (TPSA) is 74.7 Å². The molecule has 7 heteroatoms. The number of carbonyl (C=O) groups is 1. The van der Waals surface area contributed by atoms with Gasteiger partial charge in [-0.1, -0.05) is 18.5 Å². The molecule has 1 aromatic carbocycles. The summed E-state index contributed by atoms with van der Waals surface area (Å²) in [6, 6.07) is 5.27. The fraction of sp³-hybridized carbons (Fsp3) is 0.417. The van der Waals surface area contributed by atoms with Crippen molar-refractivity contribution in [2.75, 3.05) is 6.54 Å². The summed E-state index contributed by atoms with van der Waals surface area (Å²) in [6.07, 6.45) is 0.528. The van der Waals surface area contributed by atoms with Crippen LogP contribution in [-0.2, 0) is 14.8 Å². The zero-order chi connectivity index (χ0) is 14.6. The van der Waals surface area contributed by atoms with Crippen molar-refractivity contribution < 1.29 is 18.3 Å². The summed E-state index contributed by atoms with van der Waals surface area (Å²) in [5, 5.41) is 9.28. The van der Waals surface area contributed by atoms with Crippen molar-refractivity contribution in [3.8, 4) is 0 Å². The second-order valence-electron chi connectivity index (χ2n) is 4.16. The zero-order valence-electron chi connectivity index (χ0n) is 10.7. The van der Waals surface area contributed by atoms with E-state index in [-0.39, 0.29) is 4.90 Å². The van der Waals surface area contributed by atoms with Gasteiger partial charge in [-0.05, 0) is 37.6 Å². The van der Waals surface area contributed by atoms with Gasteiger partial charge in [-0.25, -0.2) is 8.42 Å². The molecule has 106 valence electrons. The number of sulfonamides is 1. The average Bonchev–Trinajstić information content (AvgIpc) is 2.35. The minimum atomic E-state index is -3.83. The van der Waals surface area contributed by atoms with Crippen LogP contribution in [0.15, 0.2) is 29.2 Å². The summed E-state index contributed by atoms with van der Waals surface area (Å²) in [4.78, 5) is 10.9. The van der Waals surface area contributed by atoms with E-state index in [1.54, 1.807) is 13.8 Å². The van der Waals surface area contributed by atoms with Crippen LogP contribution in [0.1, 0.15) is 20.3 Å². The number of halogens is 1. The van der Waals surface area contributed by atoms with Gasteiger partial charge in [0.25, 0.3) is 0 Å². The largest absolute Gasteiger partial charge is 0.480 e. The van der Waals surface area contributed by atoms with Crippen LogP contribution in [0.4, 0.5) is 0 Å². The van der Waals surface area contributed by atoms with Gasteiger partial charge >= 0.3 is 5.97 Å². The molecule has 0 heterocycles. The lowest BCUT2D eigenvalue weighted by Crippen LogP contribution is -2.41. The molecule has 1 aromatic rings. The van der Waals surface area contributed by atoms with Gasteiger partial charge in [-0.15, -0.1) is 0 Å². The molecule has 0 saturated carbocycles. The third-order valence-electron chi connectivity index (χ3n) is 2.79. The number of hydrogen-bond acceptors (Lipinski definition) is 3. The molecule has 0 aliphatic rings. The van der Waals surface area contributed by atoms with Gasteiger partial charge in [0.2, 0.25) is 10.0 Å². The minimum Gasteiger partial charge on any atom is -0.480 e. The average molecular weight is 306 g/mol. The van der Waals surface area contributed by atoms with E-state index in [0.717, 1.165) is 4.31 Å². The molecule has 0 aliphatic carbocycles. The van der Waals surface area contributed by atoms with Gasteiger partial charge in [0.05, 0.1) is 4.90 Å². The molecule has 0 amide bonds. The number of nitrogens with zero attached hydrogens (tertiary/aromatic N) is 1. The Bertz CT molecular complexity index is 541. The first kappa shape index (κ1) is 15.9. The molecule has 1 N–H and O–H groups in total. The molecule has 1 rings (SSSR count). The number of carboxylic acids is 1. The quantitative estimate of drug-likeness (QED) is 0.874. The summed E-state index contributed by atoms with van der Waals surface area (Å²) < 4.78 is 25.8. The van der Waals surface area contributed by atoms with Crippen LogP contribution in [-0.4, -0.2) is 36.4 Å². The smallest absolute Gasteiger partial charge is 0.318 e. The van der Waals surface area contributed by atoms with Gasteiger partial charge in [0, 0.05) is 11.1 Å². The maximum absolute atomic E-state index is 12.4. The van der Waals surface area contributed by atoms with E-state index in [1.807, 2.05) is 0 Å². The Kier molecular flexibility index (Phi) is 5.34. The van der Waals surface area contributed by atoms with Crippen LogP contribution in [0.5, 0.6) is 0 Å². The summed E-state index contributed by atoms with van der Waals surface area (Å²) in [5.41, 5.74) is 0. The number of aliphatic carboxylic acids is 1. The van der Waals surface area contributed by atoms with E-state index in [1.165, 1.54) is 24.3 Å². The Morgan fingerprint density at radius 1 is 1.37 bits per heavy atom.